The van der Waals surface area contributed by atoms with Crippen molar-refractivity contribution >= 4 is 17.0 Å². The van der Waals surface area contributed by atoms with Crippen LogP contribution in [0.15, 0.2) is 36.9 Å². The smallest absolute Gasteiger partial charge is 0.118 e. The Kier molecular flexibility index (Phi) is 5.47. The molecule has 1 aromatic rings. The van der Waals surface area contributed by atoms with Crippen molar-refractivity contribution in [2.45, 2.75) is 6.42 Å². The van der Waals surface area contributed by atoms with Crippen molar-refractivity contribution in [3.05, 3.63) is 42.5 Å². The SMILES string of the molecule is Br.C=CCc1ccc(OC)cc1. The van der Waals surface area contributed by atoms with Crippen LogP contribution < -0.4 is 4.74 Å². The van der Waals surface area contributed by atoms with Crippen LogP contribution in [-0.2, 0) is 6.42 Å². The molecule has 0 amide bonds. The highest BCUT2D eigenvalue weighted by Crippen LogP contribution is 2.11. The molecular formula is C10H13BrO. The summed E-state index contributed by atoms with van der Waals surface area (Å²) in [5.41, 5.74) is 1.26. The molecule has 0 fully saturated rings. The van der Waals surface area contributed by atoms with Crippen LogP contribution >= 0.6 is 17.0 Å². The molecule has 0 saturated heterocycles. The maximum atomic E-state index is 5.02. The Hall–Kier alpha value is -0.760. The number of allylic oxidation sites excluding steroid dienone is 1. The van der Waals surface area contributed by atoms with E-state index in [0.29, 0.717) is 0 Å². The highest BCUT2D eigenvalue weighted by Gasteiger charge is 1.90. The van der Waals surface area contributed by atoms with Gasteiger partial charge in [0.25, 0.3) is 0 Å². The second-order valence-corrected chi connectivity index (χ2v) is 2.34. The van der Waals surface area contributed by atoms with Gasteiger partial charge in [-0.1, -0.05) is 18.2 Å². The van der Waals surface area contributed by atoms with Crippen LogP contribution in [0.5, 0.6) is 5.75 Å². The van der Waals surface area contributed by atoms with Crippen molar-refractivity contribution in [3.63, 3.8) is 0 Å². The van der Waals surface area contributed by atoms with Crippen LogP contribution in [0.2, 0.25) is 0 Å². The molecule has 0 unspecified atom stereocenters. The number of halogens is 1. The number of benzene rings is 1. The van der Waals surface area contributed by atoms with E-state index in [1.165, 1.54) is 5.56 Å². The number of ether oxygens (including phenoxy) is 1. The number of methoxy groups -OCH3 is 1. The molecule has 12 heavy (non-hydrogen) atoms. The lowest BCUT2D eigenvalue weighted by Gasteiger charge is -1.99. The van der Waals surface area contributed by atoms with Crippen LogP contribution in [0.3, 0.4) is 0 Å². The Morgan fingerprint density at radius 2 is 1.92 bits per heavy atom. The zero-order chi connectivity index (χ0) is 8.10. The summed E-state index contributed by atoms with van der Waals surface area (Å²) in [7, 11) is 1.67. The van der Waals surface area contributed by atoms with Gasteiger partial charge in [0.05, 0.1) is 7.11 Å². The first-order valence-electron chi connectivity index (χ1n) is 3.60. The normalized spacial score (nSPS) is 8.42. The minimum atomic E-state index is 0. The Morgan fingerprint density at radius 3 is 2.33 bits per heavy atom. The third-order valence-electron chi connectivity index (χ3n) is 1.54. The lowest BCUT2D eigenvalue weighted by atomic mass is 10.1. The Labute approximate surface area is 83.8 Å². The molecule has 0 heterocycles. The lowest BCUT2D eigenvalue weighted by molar-refractivity contribution is 0.414. The van der Waals surface area contributed by atoms with Crippen LogP contribution in [-0.4, -0.2) is 7.11 Å². The molecule has 66 valence electrons. The molecule has 1 rings (SSSR count). The van der Waals surface area contributed by atoms with Crippen LogP contribution in [0, 0.1) is 0 Å². The average Bonchev–Trinajstić information content (AvgIpc) is 2.07. The molecule has 0 spiro atoms. The minimum Gasteiger partial charge on any atom is -0.497 e. The standard InChI is InChI=1S/C10H12O.BrH/c1-3-4-9-5-7-10(11-2)8-6-9;/h3,5-8H,1,4H2,2H3;1H. The molecule has 0 radical (unpaired) electrons. The van der Waals surface area contributed by atoms with Gasteiger partial charge in [-0.15, -0.1) is 23.6 Å². The van der Waals surface area contributed by atoms with E-state index in [1.807, 2.05) is 30.3 Å². The predicted octanol–water partition coefficient (Wildman–Crippen LogP) is 3.00. The van der Waals surface area contributed by atoms with Crippen molar-refractivity contribution in [1.29, 1.82) is 0 Å². The highest BCUT2D eigenvalue weighted by molar-refractivity contribution is 8.93. The van der Waals surface area contributed by atoms with Gasteiger partial charge >= 0.3 is 0 Å². The summed E-state index contributed by atoms with van der Waals surface area (Å²) in [5.74, 6) is 0.901. The van der Waals surface area contributed by atoms with E-state index in [-0.39, 0.29) is 17.0 Å². The van der Waals surface area contributed by atoms with Gasteiger partial charge in [0.2, 0.25) is 0 Å². The monoisotopic (exact) mass is 228 g/mol. The van der Waals surface area contributed by atoms with E-state index >= 15 is 0 Å². The molecule has 2 heteroatoms. The van der Waals surface area contributed by atoms with Gasteiger partial charge in [-0.25, -0.2) is 0 Å². The summed E-state index contributed by atoms with van der Waals surface area (Å²) in [6.45, 7) is 3.67. The predicted molar refractivity (Wildman–Crippen MR) is 57.2 cm³/mol. The molecular weight excluding hydrogens is 216 g/mol. The summed E-state index contributed by atoms with van der Waals surface area (Å²) >= 11 is 0. The third kappa shape index (κ3) is 3.09. The molecule has 0 N–H and O–H groups in total. The molecule has 0 aliphatic carbocycles. The number of hydrogen-bond donors (Lipinski definition) is 0. The van der Waals surface area contributed by atoms with Gasteiger partial charge in [-0.05, 0) is 24.1 Å². The van der Waals surface area contributed by atoms with Crippen LogP contribution in [0.25, 0.3) is 0 Å². The Morgan fingerprint density at radius 1 is 1.33 bits per heavy atom. The largest absolute Gasteiger partial charge is 0.497 e. The fourth-order valence-electron chi connectivity index (χ4n) is 0.928. The maximum absolute atomic E-state index is 5.02. The molecule has 0 aliphatic rings. The first-order chi connectivity index (χ1) is 5.36. The molecule has 0 aromatic heterocycles. The summed E-state index contributed by atoms with van der Waals surface area (Å²) in [6.07, 6.45) is 2.81. The third-order valence-corrected chi connectivity index (χ3v) is 1.54. The van der Waals surface area contributed by atoms with E-state index < -0.39 is 0 Å². The maximum Gasteiger partial charge on any atom is 0.118 e. The Balaban J connectivity index is 0.00000121. The van der Waals surface area contributed by atoms with E-state index in [9.17, 15) is 0 Å². The second-order valence-electron chi connectivity index (χ2n) is 2.34. The van der Waals surface area contributed by atoms with Crippen molar-refractivity contribution in [1.82, 2.24) is 0 Å². The van der Waals surface area contributed by atoms with Gasteiger partial charge in [0.15, 0.2) is 0 Å². The molecule has 1 aromatic carbocycles. The lowest BCUT2D eigenvalue weighted by Crippen LogP contribution is -1.83. The minimum absolute atomic E-state index is 0. The van der Waals surface area contributed by atoms with Crippen LogP contribution in [0.4, 0.5) is 0 Å². The van der Waals surface area contributed by atoms with Crippen molar-refractivity contribution < 1.29 is 4.74 Å². The van der Waals surface area contributed by atoms with E-state index in [0.717, 1.165) is 12.2 Å². The molecule has 0 atom stereocenters. The molecule has 1 nitrogen and oxygen atoms in total. The molecule has 0 bridgehead atoms. The summed E-state index contributed by atoms with van der Waals surface area (Å²) in [4.78, 5) is 0. The summed E-state index contributed by atoms with van der Waals surface area (Å²) in [5, 5.41) is 0. The zero-order valence-corrected chi connectivity index (χ0v) is 8.83. The quantitative estimate of drug-likeness (QED) is 0.724. The molecule has 0 aliphatic heterocycles. The van der Waals surface area contributed by atoms with E-state index in [2.05, 4.69) is 6.58 Å². The van der Waals surface area contributed by atoms with Gasteiger partial charge in [-0.3, -0.25) is 0 Å². The number of hydrogen-bond acceptors (Lipinski definition) is 1. The van der Waals surface area contributed by atoms with Crippen molar-refractivity contribution in [2.24, 2.45) is 0 Å². The van der Waals surface area contributed by atoms with E-state index in [1.54, 1.807) is 7.11 Å². The fourth-order valence-corrected chi connectivity index (χ4v) is 0.928. The highest BCUT2D eigenvalue weighted by atomic mass is 79.9. The van der Waals surface area contributed by atoms with Crippen molar-refractivity contribution in [2.75, 3.05) is 7.11 Å². The van der Waals surface area contributed by atoms with Gasteiger partial charge in [0.1, 0.15) is 5.75 Å². The summed E-state index contributed by atoms with van der Waals surface area (Å²) < 4.78 is 5.02. The van der Waals surface area contributed by atoms with Crippen LogP contribution in [0.1, 0.15) is 5.56 Å². The Bertz CT molecular complexity index is 228. The average molecular weight is 229 g/mol. The number of rotatable bonds is 3. The zero-order valence-electron chi connectivity index (χ0n) is 7.12. The molecule has 0 saturated carbocycles. The fraction of sp³-hybridized carbons (Fsp3) is 0.200. The first-order valence-corrected chi connectivity index (χ1v) is 3.60. The van der Waals surface area contributed by atoms with E-state index in [4.69, 9.17) is 4.74 Å². The van der Waals surface area contributed by atoms with Crippen molar-refractivity contribution in [3.8, 4) is 5.75 Å². The topological polar surface area (TPSA) is 9.23 Å². The second kappa shape index (κ2) is 5.84. The van der Waals surface area contributed by atoms with Gasteiger partial charge in [-0.2, -0.15) is 0 Å². The first kappa shape index (κ1) is 11.2. The van der Waals surface area contributed by atoms with Gasteiger partial charge < -0.3 is 4.74 Å². The van der Waals surface area contributed by atoms with Gasteiger partial charge in [0, 0.05) is 0 Å². The summed E-state index contributed by atoms with van der Waals surface area (Å²) in [6, 6.07) is 8.00.